The number of carbonyl (C=O) groups is 2. The molecule has 2 aromatic heterocycles. The first-order chi connectivity index (χ1) is 12.7. The van der Waals surface area contributed by atoms with Gasteiger partial charge in [0.15, 0.2) is 0 Å². The highest BCUT2D eigenvalue weighted by Gasteiger charge is 2.26. The number of ether oxygens (including phenoxy) is 2. The van der Waals surface area contributed by atoms with E-state index in [0.29, 0.717) is 5.69 Å². The van der Waals surface area contributed by atoms with Crippen molar-refractivity contribution in [3.05, 3.63) is 48.0 Å². The SMILES string of the molecule is COC(=O)c1ccc(N)cn1.COC(=O)c1ccc(NCC(F)(F)F)cn1. The highest BCUT2D eigenvalue weighted by Crippen LogP contribution is 2.16. The molecule has 11 heteroatoms. The summed E-state index contributed by atoms with van der Waals surface area (Å²) in [4.78, 5) is 29.2. The smallest absolute Gasteiger partial charge is 0.405 e. The minimum Gasteiger partial charge on any atom is -0.464 e. The number of nitrogens with two attached hydrogens (primary N) is 1. The minimum atomic E-state index is -4.29. The largest absolute Gasteiger partial charge is 0.464 e. The van der Waals surface area contributed by atoms with Crippen molar-refractivity contribution in [3.8, 4) is 0 Å². The second kappa shape index (κ2) is 9.94. The summed E-state index contributed by atoms with van der Waals surface area (Å²) >= 11 is 0. The fourth-order valence-electron chi connectivity index (χ4n) is 1.56. The highest BCUT2D eigenvalue weighted by molar-refractivity contribution is 5.87. The van der Waals surface area contributed by atoms with Crippen molar-refractivity contribution in [2.45, 2.75) is 6.18 Å². The molecule has 2 rings (SSSR count). The van der Waals surface area contributed by atoms with E-state index in [1.165, 1.54) is 38.6 Å². The van der Waals surface area contributed by atoms with Crippen LogP contribution in [0.3, 0.4) is 0 Å². The number of nitrogens with one attached hydrogen (secondary N) is 1. The maximum atomic E-state index is 11.8. The van der Waals surface area contributed by atoms with Crippen LogP contribution in [0.25, 0.3) is 0 Å². The molecule has 0 aliphatic rings. The van der Waals surface area contributed by atoms with Crippen LogP contribution < -0.4 is 11.1 Å². The highest BCUT2D eigenvalue weighted by atomic mass is 19.4. The van der Waals surface area contributed by atoms with Crippen molar-refractivity contribution in [3.63, 3.8) is 0 Å². The lowest BCUT2D eigenvalue weighted by Gasteiger charge is -2.09. The van der Waals surface area contributed by atoms with Crippen LogP contribution in [0.4, 0.5) is 24.5 Å². The molecule has 0 amide bonds. The molecule has 146 valence electrons. The number of alkyl halides is 3. The summed E-state index contributed by atoms with van der Waals surface area (Å²) in [5.74, 6) is -1.09. The summed E-state index contributed by atoms with van der Waals surface area (Å²) in [6, 6.07) is 5.72. The van der Waals surface area contributed by atoms with E-state index in [1.54, 1.807) is 6.07 Å². The molecule has 0 atom stereocenters. The summed E-state index contributed by atoms with van der Waals surface area (Å²) in [5.41, 5.74) is 6.37. The zero-order chi connectivity index (χ0) is 20.4. The number of rotatable bonds is 4. The maximum Gasteiger partial charge on any atom is 0.405 e. The van der Waals surface area contributed by atoms with Crippen LogP contribution in [0.1, 0.15) is 21.0 Å². The van der Waals surface area contributed by atoms with Crippen LogP contribution >= 0.6 is 0 Å². The molecule has 8 nitrogen and oxygen atoms in total. The molecule has 2 heterocycles. The van der Waals surface area contributed by atoms with Crippen LogP contribution in [-0.4, -0.2) is 48.8 Å². The Hall–Kier alpha value is -3.37. The average molecular weight is 386 g/mol. The van der Waals surface area contributed by atoms with Gasteiger partial charge in [0.1, 0.15) is 17.9 Å². The number of pyridine rings is 2. The van der Waals surface area contributed by atoms with E-state index in [0.717, 1.165) is 6.20 Å². The van der Waals surface area contributed by atoms with Crippen molar-refractivity contribution in [2.75, 3.05) is 31.8 Å². The Balaban J connectivity index is 0.000000289. The lowest BCUT2D eigenvalue weighted by molar-refractivity contribution is -0.115. The van der Waals surface area contributed by atoms with Gasteiger partial charge >= 0.3 is 18.1 Å². The number of methoxy groups -OCH3 is 2. The van der Waals surface area contributed by atoms with Gasteiger partial charge in [0, 0.05) is 0 Å². The Morgan fingerprint density at radius 1 is 1.00 bits per heavy atom. The zero-order valence-electron chi connectivity index (χ0n) is 14.4. The Morgan fingerprint density at radius 3 is 1.89 bits per heavy atom. The number of nitrogen functional groups attached to an aromatic ring is 1. The van der Waals surface area contributed by atoms with E-state index in [9.17, 15) is 22.8 Å². The topological polar surface area (TPSA) is 116 Å². The predicted octanol–water partition coefficient (Wildman–Crippen LogP) is 2.29. The Kier molecular flexibility index (Phi) is 7.98. The first-order valence-electron chi connectivity index (χ1n) is 7.31. The van der Waals surface area contributed by atoms with E-state index in [2.05, 4.69) is 24.8 Å². The van der Waals surface area contributed by atoms with Crippen molar-refractivity contribution >= 4 is 23.3 Å². The fraction of sp³-hybridized carbons (Fsp3) is 0.250. The van der Waals surface area contributed by atoms with Crippen LogP contribution in [0.2, 0.25) is 0 Å². The predicted molar refractivity (Wildman–Crippen MR) is 90.1 cm³/mol. The molecule has 0 bridgehead atoms. The van der Waals surface area contributed by atoms with Gasteiger partial charge in [0.25, 0.3) is 0 Å². The Labute approximate surface area is 152 Å². The summed E-state index contributed by atoms with van der Waals surface area (Å²) in [7, 11) is 2.50. The van der Waals surface area contributed by atoms with Gasteiger partial charge in [-0.2, -0.15) is 13.2 Å². The standard InChI is InChI=1S/C9H9F3N2O2.C7H8N2O2/c1-16-8(15)7-3-2-6(4-13-7)14-5-9(10,11)12;1-11-7(10)6-3-2-5(8)4-9-6/h2-4,14H,5H2,1H3;2-4H,8H2,1H3. The van der Waals surface area contributed by atoms with E-state index < -0.39 is 24.7 Å². The van der Waals surface area contributed by atoms with Crippen LogP contribution in [0.5, 0.6) is 0 Å². The van der Waals surface area contributed by atoms with E-state index in [1.807, 2.05) is 0 Å². The van der Waals surface area contributed by atoms with Crippen molar-refractivity contribution < 1.29 is 32.2 Å². The second-order valence-corrected chi connectivity index (χ2v) is 4.86. The molecule has 0 saturated heterocycles. The van der Waals surface area contributed by atoms with Gasteiger partial charge in [-0.1, -0.05) is 0 Å². The van der Waals surface area contributed by atoms with Crippen molar-refractivity contribution in [1.29, 1.82) is 0 Å². The number of anilines is 2. The van der Waals surface area contributed by atoms with E-state index in [-0.39, 0.29) is 17.1 Å². The van der Waals surface area contributed by atoms with Gasteiger partial charge in [-0.3, -0.25) is 0 Å². The third kappa shape index (κ3) is 8.03. The molecule has 0 aromatic carbocycles. The van der Waals surface area contributed by atoms with Gasteiger partial charge in [0.2, 0.25) is 0 Å². The molecule has 27 heavy (non-hydrogen) atoms. The maximum absolute atomic E-state index is 11.8. The minimum absolute atomic E-state index is 0.0417. The van der Waals surface area contributed by atoms with Crippen LogP contribution in [0.15, 0.2) is 36.7 Å². The summed E-state index contributed by atoms with van der Waals surface area (Å²) < 4.78 is 44.4. The van der Waals surface area contributed by atoms with Gasteiger partial charge in [0.05, 0.1) is 38.0 Å². The van der Waals surface area contributed by atoms with Gasteiger partial charge in [-0.05, 0) is 24.3 Å². The fourth-order valence-corrected chi connectivity index (χ4v) is 1.56. The Bertz CT molecular complexity index is 750. The molecule has 3 N–H and O–H groups in total. The first kappa shape index (κ1) is 21.7. The average Bonchev–Trinajstić information content (AvgIpc) is 2.66. The molecule has 0 aliphatic heterocycles. The number of esters is 2. The lowest BCUT2D eigenvalue weighted by Crippen LogP contribution is -2.21. The number of nitrogens with zero attached hydrogens (tertiary/aromatic N) is 2. The molecular weight excluding hydrogens is 369 g/mol. The molecule has 0 saturated carbocycles. The number of halogens is 3. The summed E-state index contributed by atoms with van der Waals surface area (Å²) in [6.07, 6.45) is -1.74. The van der Waals surface area contributed by atoms with E-state index >= 15 is 0 Å². The second-order valence-electron chi connectivity index (χ2n) is 4.86. The third-order valence-corrected chi connectivity index (χ3v) is 2.83. The number of aromatic nitrogens is 2. The number of hydrogen-bond donors (Lipinski definition) is 2. The van der Waals surface area contributed by atoms with Crippen LogP contribution in [0, 0.1) is 0 Å². The van der Waals surface area contributed by atoms with Crippen molar-refractivity contribution in [2.24, 2.45) is 0 Å². The number of hydrogen-bond acceptors (Lipinski definition) is 8. The molecular formula is C16H17F3N4O4. The molecule has 2 aromatic rings. The summed E-state index contributed by atoms with van der Waals surface area (Å²) in [6.45, 7) is -1.15. The molecule has 0 unspecified atom stereocenters. The molecule has 0 radical (unpaired) electrons. The van der Waals surface area contributed by atoms with Crippen LogP contribution in [-0.2, 0) is 9.47 Å². The van der Waals surface area contributed by atoms with Gasteiger partial charge in [-0.25, -0.2) is 19.6 Å². The quantitative estimate of drug-likeness (QED) is 0.769. The van der Waals surface area contributed by atoms with Gasteiger partial charge in [-0.15, -0.1) is 0 Å². The summed E-state index contributed by atoms with van der Waals surface area (Å²) in [5, 5.41) is 2.13. The molecule has 0 spiro atoms. The first-order valence-corrected chi connectivity index (χ1v) is 7.31. The third-order valence-electron chi connectivity index (χ3n) is 2.83. The zero-order valence-corrected chi connectivity index (χ0v) is 14.4. The Morgan fingerprint density at radius 2 is 1.52 bits per heavy atom. The molecule has 0 aliphatic carbocycles. The van der Waals surface area contributed by atoms with Gasteiger partial charge < -0.3 is 20.5 Å². The lowest BCUT2D eigenvalue weighted by atomic mass is 10.3. The monoisotopic (exact) mass is 386 g/mol. The molecule has 0 fully saturated rings. The van der Waals surface area contributed by atoms with E-state index in [4.69, 9.17) is 5.73 Å². The van der Waals surface area contributed by atoms with Crippen molar-refractivity contribution in [1.82, 2.24) is 9.97 Å². The number of carbonyl (C=O) groups excluding carboxylic acids is 2. The normalized spacial score (nSPS) is 10.3.